The first-order valence-electron chi connectivity index (χ1n) is 7.95. The van der Waals surface area contributed by atoms with Crippen LogP contribution >= 0.6 is 0 Å². The molecule has 20 heavy (non-hydrogen) atoms. The van der Waals surface area contributed by atoms with Crippen LogP contribution in [0.3, 0.4) is 0 Å². The molecule has 0 aromatic heterocycles. The van der Waals surface area contributed by atoms with Gasteiger partial charge in [0.05, 0.1) is 11.5 Å². The van der Waals surface area contributed by atoms with Crippen molar-refractivity contribution in [3.63, 3.8) is 0 Å². The van der Waals surface area contributed by atoms with Gasteiger partial charge in [0.2, 0.25) is 5.91 Å². The van der Waals surface area contributed by atoms with Gasteiger partial charge in [-0.05, 0) is 62.7 Å². The molecule has 5 aliphatic rings. The smallest absolute Gasteiger partial charge is 0.226 e. The van der Waals surface area contributed by atoms with Crippen molar-refractivity contribution in [2.45, 2.75) is 51.0 Å². The molecule has 4 saturated carbocycles. The molecule has 4 bridgehead atoms. The van der Waals surface area contributed by atoms with Gasteiger partial charge in [-0.1, -0.05) is 0 Å². The first-order chi connectivity index (χ1) is 9.44. The van der Waals surface area contributed by atoms with E-state index in [2.05, 4.69) is 5.32 Å². The predicted molar refractivity (Wildman–Crippen MR) is 75.8 cm³/mol. The number of amides is 1. The highest BCUT2D eigenvalue weighted by Gasteiger charge is 2.54. The van der Waals surface area contributed by atoms with E-state index in [1.54, 1.807) is 0 Å². The van der Waals surface area contributed by atoms with Crippen molar-refractivity contribution in [3.8, 4) is 0 Å². The summed E-state index contributed by atoms with van der Waals surface area (Å²) >= 11 is 0. The summed E-state index contributed by atoms with van der Waals surface area (Å²) in [5, 5.41) is 3.07. The summed E-state index contributed by atoms with van der Waals surface area (Å²) in [7, 11) is -2.91. The van der Waals surface area contributed by atoms with Gasteiger partial charge in [0.1, 0.15) is 0 Å². The lowest BCUT2D eigenvalue weighted by Crippen LogP contribution is -2.55. The van der Waals surface area contributed by atoms with Gasteiger partial charge in [0.15, 0.2) is 9.84 Å². The fourth-order valence-corrected chi connectivity index (χ4v) is 7.31. The molecule has 0 spiro atoms. The Morgan fingerprint density at radius 2 is 1.55 bits per heavy atom. The molecule has 0 unspecified atom stereocenters. The normalized spacial score (nSPS) is 48.4. The highest BCUT2D eigenvalue weighted by atomic mass is 32.2. The van der Waals surface area contributed by atoms with Crippen LogP contribution in [0.5, 0.6) is 0 Å². The van der Waals surface area contributed by atoms with E-state index in [9.17, 15) is 13.2 Å². The molecule has 0 aromatic rings. The molecule has 1 N–H and O–H groups in total. The highest BCUT2D eigenvalue weighted by molar-refractivity contribution is 7.91. The quantitative estimate of drug-likeness (QED) is 0.840. The van der Waals surface area contributed by atoms with Crippen LogP contribution in [0.4, 0.5) is 0 Å². The number of hydrogen-bond acceptors (Lipinski definition) is 3. The Hall–Kier alpha value is -0.580. The number of nitrogens with one attached hydrogen (secondary N) is 1. The van der Waals surface area contributed by atoms with E-state index in [1.807, 2.05) is 0 Å². The lowest BCUT2D eigenvalue weighted by Gasteiger charge is -2.55. The maximum absolute atomic E-state index is 12.8. The fraction of sp³-hybridized carbons (Fsp3) is 0.933. The summed E-state index contributed by atoms with van der Waals surface area (Å²) in [6.07, 6.45) is 7.71. The highest BCUT2D eigenvalue weighted by Crippen LogP contribution is 2.60. The second kappa shape index (κ2) is 4.21. The zero-order valence-corrected chi connectivity index (χ0v) is 12.6. The minimum atomic E-state index is -2.91. The van der Waals surface area contributed by atoms with Crippen molar-refractivity contribution in [2.24, 2.45) is 23.2 Å². The van der Waals surface area contributed by atoms with Crippen LogP contribution in [-0.2, 0) is 14.6 Å². The molecule has 1 atom stereocenters. The molecule has 112 valence electrons. The predicted octanol–water partition coefficient (Wildman–Crippen LogP) is 1.51. The Morgan fingerprint density at radius 1 is 1.00 bits per heavy atom. The molecule has 0 aromatic carbocycles. The van der Waals surface area contributed by atoms with E-state index in [4.69, 9.17) is 0 Å². The number of hydrogen-bond donors (Lipinski definition) is 1. The van der Waals surface area contributed by atoms with Gasteiger partial charge in [-0.2, -0.15) is 0 Å². The van der Waals surface area contributed by atoms with Crippen molar-refractivity contribution < 1.29 is 13.2 Å². The van der Waals surface area contributed by atoms with Gasteiger partial charge in [-0.15, -0.1) is 0 Å². The van der Waals surface area contributed by atoms with Gasteiger partial charge in [0, 0.05) is 11.5 Å². The third-order valence-electron chi connectivity index (χ3n) is 6.09. The van der Waals surface area contributed by atoms with Crippen LogP contribution < -0.4 is 5.32 Å². The standard InChI is InChI=1S/C15H23NO3S/c17-14(16-13-1-2-20(18,19)9-13)15-6-10-3-11(7-15)5-12(4-10)8-15/h10-13H,1-9H2,(H,16,17)/t10?,11?,12?,13-,15?/m1/s1. The van der Waals surface area contributed by atoms with Crippen molar-refractivity contribution in [1.82, 2.24) is 5.32 Å². The molecule has 4 aliphatic carbocycles. The second-order valence-electron chi connectivity index (χ2n) is 7.77. The minimum absolute atomic E-state index is 0.138. The van der Waals surface area contributed by atoms with Crippen molar-refractivity contribution in [2.75, 3.05) is 11.5 Å². The molecule has 1 saturated heterocycles. The summed E-state index contributed by atoms with van der Waals surface area (Å²) in [5.41, 5.74) is -0.152. The summed E-state index contributed by atoms with van der Waals surface area (Å²) < 4.78 is 23.0. The molecular formula is C15H23NO3S. The summed E-state index contributed by atoms with van der Waals surface area (Å²) in [4.78, 5) is 12.8. The maximum Gasteiger partial charge on any atom is 0.226 e. The van der Waals surface area contributed by atoms with Crippen molar-refractivity contribution in [1.29, 1.82) is 0 Å². The number of carbonyl (C=O) groups excluding carboxylic acids is 1. The third kappa shape index (κ3) is 2.09. The zero-order chi connectivity index (χ0) is 14.0. The number of sulfone groups is 1. The second-order valence-corrected chi connectivity index (χ2v) is 10.0. The summed E-state index contributed by atoms with van der Waals surface area (Å²) in [6.45, 7) is 0. The lowest BCUT2D eigenvalue weighted by molar-refractivity contribution is -0.146. The molecule has 5 rings (SSSR count). The molecule has 5 fully saturated rings. The maximum atomic E-state index is 12.8. The van der Waals surface area contributed by atoms with Gasteiger partial charge >= 0.3 is 0 Å². The lowest BCUT2D eigenvalue weighted by atomic mass is 9.49. The SMILES string of the molecule is O=C(N[C@@H]1CCS(=O)(=O)C1)C12CC3CC(CC(C3)C1)C2. The van der Waals surface area contributed by atoms with Crippen LogP contribution in [0.25, 0.3) is 0 Å². The largest absolute Gasteiger partial charge is 0.352 e. The van der Waals surface area contributed by atoms with E-state index in [-0.39, 0.29) is 28.9 Å². The average Bonchev–Trinajstić information content (AvgIpc) is 2.67. The van der Waals surface area contributed by atoms with Crippen LogP contribution in [0, 0.1) is 23.2 Å². The van der Waals surface area contributed by atoms with Crippen LogP contribution in [0.1, 0.15) is 44.9 Å². The summed E-state index contributed by atoms with van der Waals surface area (Å²) in [5.74, 6) is 2.79. The van der Waals surface area contributed by atoms with E-state index in [0.29, 0.717) is 6.42 Å². The number of rotatable bonds is 2. The molecule has 0 radical (unpaired) electrons. The zero-order valence-electron chi connectivity index (χ0n) is 11.8. The molecule has 5 heteroatoms. The Labute approximate surface area is 120 Å². The first kappa shape index (κ1) is 13.1. The van der Waals surface area contributed by atoms with E-state index in [1.165, 1.54) is 19.3 Å². The molecular weight excluding hydrogens is 274 g/mol. The van der Waals surface area contributed by atoms with Gasteiger partial charge < -0.3 is 5.32 Å². The Kier molecular flexibility index (Phi) is 2.76. The minimum Gasteiger partial charge on any atom is -0.352 e. The van der Waals surface area contributed by atoms with Crippen molar-refractivity contribution >= 4 is 15.7 Å². The Balaban J connectivity index is 1.49. The van der Waals surface area contributed by atoms with Crippen molar-refractivity contribution in [3.05, 3.63) is 0 Å². The van der Waals surface area contributed by atoms with E-state index < -0.39 is 9.84 Å². The topological polar surface area (TPSA) is 63.2 Å². The first-order valence-corrected chi connectivity index (χ1v) is 9.78. The van der Waals surface area contributed by atoms with Crippen LogP contribution in [0.15, 0.2) is 0 Å². The molecule has 1 aliphatic heterocycles. The monoisotopic (exact) mass is 297 g/mol. The Bertz CT molecular complexity index is 504. The fourth-order valence-electron chi connectivity index (χ4n) is 5.64. The molecule has 1 amide bonds. The van der Waals surface area contributed by atoms with Gasteiger partial charge in [-0.25, -0.2) is 8.42 Å². The number of carbonyl (C=O) groups is 1. The van der Waals surface area contributed by atoms with E-state index >= 15 is 0 Å². The Morgan fingerprint density at radius 3 is 2.00 bits per heavy atom. The molecule has 4 nitrogen and oxygen atoms in total. The summed E-state index contributed by atoms with van der Waals surface area (Å²) in [6, 6.07) is -0.138. The molecule has 1 heterocycles. The third-order valence-corrected chi connectivity index (χ3v) is 7.86. The van der Waals surface area contributed by atoms with Crippen LogP contribution in [0.2, 0.25) is 0 Å². The van der Waals surface area contributed by atoms with Gasteiger partial charge in [-0.3, -0.25) is 4.79 Å². The van der Waals surface area contributed by atoms with Crippen LogP contribution in [-0.4, -0.2) is 31.9 Å². The van der Waals surface area contributed by atoms with Gasteiger partial charge in [0.25, 0.3) is 0 Å². The van der Waals surface area contributed by atoms with E-state index in [0.717, 1.165) is 37.0 Å². The average molecular weight is 297 g/mol.